The number of rotatable bonds is 4. The Kier molecular flexibility index (Phi) is 4.24. The quantitative estimate of drug-likeness (QED) is 0.909. The van der Waals surface area contributed by atoms with Gasteiger partial charge >= 0.3 is 0 Å². The molecular weight excluding hydrogens is 284 g/mol. The first-order valence-electron chi connectivity index (χ1n) is 8.73. The van der Waals surface area contributed by atoms with Crippen LogP contribution in [-0.4, -0.2) is 23.1 Å². The summed E-state index contributed by atoms with van der Waals surface area (Å²) in [6, 6.07) is 12.1. The van der Waals surface area contributed by atoms with E-state index in [2.05, 4.69) is 27.8 Å². The maximum absolute atomic E-state index is 4.80. The van der Waals surface area contributed by atoms with Gasteiger partial charge in [0.25, 0.3) is 0 Å². The van der Waals surface area contributed by atoms with Crippen LogP contribution in [0.2, 0.25) is 0 Å². The number of fused-ring (bicyclic) bond motifs is 1. The molecule has 0 aromatic carbocycles. The molecular formula is C19H24N4. The lowest BCUT2D eigenvalue weighted by molar-refractivity contribution is 0.197. The van der Waals surface area contributed by atoms with E-state index in [1.165, 1.54) is 38.0 Å². The van der Waals surface area contributed by atoms with Gasteiger partial charge in [0.15, 0.2) is 0 Å². The highest BCUT2D eigenvalue weighted by atomic mass is 15.1. The van der Waals surface area contributed by atoms with Crippen LogP contribution < -0.4 is 10.6 Å². The molecule has 4 heteroatoms. The van der Waals surface area contributed by atoms with E-state index in [0.29, 0.717) is 0 Å². The normalized spacial score (nSPS) is 26.7. The number of hydrogen-bond acceptors (Lipinski definition) is 4. The Balaban J connectivity index is 1.46. The minimum Gasteiger partial charge on any atom is -0.325 e. The van der Waals surface area contributed by atoms with Gasteiger partial charge in [0.05, 0.1) is 0 Å². The van der Waals surface area contributed by atoms with Crippen molar-refractivity contribution in [3.63, 3.8) is 0 Å². The first kappa shape index (κ1) is 14.6. The second-order valence-electron chi connectivity index (χ2n) is 6.83. The molecule has 4 rings (SSSR count). The van der Waals surface area contributed by atoms with E-state index in [1.807, 2.05) is 24.3 Å². The molecule has 2 aliphatic rings. The van der Waals surface area contributed by atoms with Crippen LogP contribution in [0.4, 0.5) is 11.6 Å². The fourth-order valence-electron chi connectivity index (χ4n) is 4.23. The fourth-order valence-corrected chi connectivity index (χ4v) is 4.23. The third-order valence-corrected chi connectivity index (χ3v) is 5.35. The van der Waals surface area contributed by atoms with Gasteiger partial charge in [0.1, 0.15) is 11.6 Å². The Labute approximate surface area is 137 Å². The van der Waals surface area contributed by atoms with Crippen molar-refractivity contribution in [1.82, 2.24) is 15.3 Å². The Morgan fingerprint density at radius 1 is 1.04 bits per heavy atom. The summed E-state index contributed by atoms with van der Waals surface area (Å²) in [5.41, 5.74) is 1.20. The zero-order chi connectivity index (χ0) is 15.5. The molecule has 23 heavy (non-hydrogen) atoms. The number of pyridine rings is 2. The predicted octanol–water partition coefficient (Wildman–Crippen LogP) is 3.40. The van der Waals surface area contributed by atoms with Crippen molar-refractivity contribution >= 4 is 11.6 Å². The van der Waals surface area contributed by atoms with Gasteiger partial charge < -0.3 is 10.6 Å². The summed E-state index contributed by atoms with van der Waals surface area (Å²) < 4.78 is 0. The Morgan fingerprint density at radius 2 is 2.00 bits per heavy atom. The van der Waals surface area contributed by atoms with E-state index >= 15 is 0 Å². The fraction of sp³-hybridized carbons (Fsp3) is 0.474. The van der Waals surface area contributed by atoms with Gasteiger partial charge in [-0.1, -0.05) is 18.6 Å². The molecule has 3 heterocycles. The molecule has 0 radical (unpaired) electrons. The summed E-state index contributed by atoms with van der Waals surface area (Å²) in [6.45, 7) is 2.41. The van der Waals surface area contributed by atoms with Gasteiger partial charge in [0, 0.05) is 11.9 Å². The summed E-state index contributed by atoms with van der Waals surface area (Å²) >= 11 is 0. The number of hydrogen-bond donors (Lipinski definition) is 2. The van der Waals surface area contributed by atoms with Crippen molar-refractivity contribution in [2.24, 2.45) is 17.8 Å². The molecule has 120 valence electrons. The van der Waals surface area contributed by atoms with E-state index < -0.39 is 0 Å². The van der Waals surface area contributed by atoms with Crippen molar-refractivity contribution in [3.8, 4) is 0 Å². The first-order chi connectivity index (χ1) is 11.4. The SMILES string of the molecule is c1ccc(Nc2cccc(C[C@H]3CCC[C@@H]4CNC[C@@H]43)n2)nc1. The van der Waals surface area contributed by atoms with Crippen LogP contribution in [0, 0.1) is 17.8 Å². The number of aromatic nitrogens is 2. The Morgan fingerprint density at radius 3 is 2.91 bits per heavy atom. The largest absolute Gasteiger partial charge is 0.325 e. The standard InChI is InChI=1S/C19H24N4/c1-2-10-21-18(8-1)23-19-9-4-7-16(22-19)11-14-5-3-6-15-12-20-13-17(14)15/h1-2,4,7-10,14-15,17,20H,3,5-6,11-13H2,(H,21,22,23)/t14-,15-,17-/m1/s1. The highest BCUT2D eigenvalue weighted by Gasteiger charge is 2.36. The lowest BCUT2D eigenvalue weighted by Gasteiger charge is -2.33. The number of nitrogens with one attached hydrogen (secondary N) is 2. The highest BCUT2D eigenvalue weighted by molar-refractivity contribution is 5.51. The minimum absolute atomic E-state index is 0.779. The highest BCUT2D eigenvalue weighted by Crippen LogP contribution is 2.38. The van der Waals surface area contributed by atoms with E-state index in [-0.39, 0.29) is 0 Å². The lowest BCUT2D eigenvalue weighted by Crippen LogP contribution is -2.28. The average Bonchev–Trinajstić information content (AvgIpc) is 3.06. The van der Waals surface area contributed by atoms with Crippen LogP contribution in [-0.2, 0) is 6.42 Å². The Hall–Kier alpha value is -1.94. The summed E-state index contributed by atoms with van der Waals surface area (Å²) in [5, 5.41) is 6.88. The molecule has 0 amide bonds. The maximum atomic E-state index is 4.80. The van der Waals surface area contributed by atoms with E-state index in [1.54, 1.807) is 6.20 Å². The number of anilines is 2. The molecule has 1 saturated heterocycles. The smallest absolute Gasteiger partial charge is 0.131 e. The van der Waals surface area contributed by atoms with Crippen LogP contribution in [0.5, 0.6) is 0 Å². The predicted molar refractivity (Wildman–Crippen MR) is 92.7 cm³/mol. The van der Waals surface area contributed by atoms with Gasteiger partial charge in [0.2, 0.25) is 0 Å². The second kappa shape index (κ2) is 6.67. The Bertz CT molecular complexity index is 643. The zero-order valence-electron chi connectivity index (χ0n) is 13.4. The first-order valence-corrected chi connectivity index (χ1v) is 8.73. The van der Waals surface area contributed by atoms with Crippen molar-refractivity contribution < 1.29 is 0 Å². The van der Waals surface area contributed by atoms with E-state index in [9.17, 15) is 0 Å². The molecule has 1 aliphatic carbocycles. The molecule has 0 bridgehead atoms. The summed E-state index contributed by atoms with van der Waals surface area (Å²) in [6.07, 6.45) is 7.02. The third-order valence-electron chi connectivity index (χ3n) is 5.35. The molecule has 2 aromatic heterocycles. The van der Waals surface area contributed by atoms with Gasteiger partial charge in [-0.3, -0.25) is 0 Å². The second-order valence-corrected chi connectivity index (χ2v) is 6.83. The van der Waals surface area contributed by atoms with Gasteiger partial charge in [-0.25, -0.2) is 9.97 Å². The van der Waals surface area contributed by atoms with Crippen LogP contribution in [0.1, 0.15) is 25.0 Å². The molecule has 1 saturated carbocycles. The molecule has 3 atom stereocenters. The van der Waals surface area contributed by atoms with Crippen LogP contribution in [0.15, 0.2) is 42.6 Å². The molecule has 4 nitrogen and oxygen atoms in total. The van der Waals surface area contributed by atoms with Crippen molar-refractivity contribution in [3.05, 3.63) is 48.3 Å². The molecule has 2 fully saturated rings. The molecule has 2 aromatic rings. The molecule has 0 spiro atoms. The molecule has 1 aliphatic heterocycles. The summed E-state index contributed by atoms with van der Waals surface area (Å²) in [5.74, 6) is 4.25. The summed E-state index contributed by atoms with van der Waals surface area (Å²) in [4.78, 5) is 9.11. The average molecular weight is 308 g/mol. The third kappa shape index (κ3) is 3.37. The van der Waals surface area contributed by atoms with Crippen molar-refractivity contribution in [2.75, 3.05) is 18.4 Å². The van der Waals surface area contributed by atoms with Crippen LogP contribution >= 0.6 is 0 Å². The monoisotopic (exact) mass is 308 g/mol. The maximum Gasteiger partial charge on any atom is 0.131 e. The number of nitrogens with zero attached hydrogens (tertiary/aromatic N) is 2. The van der Waals surface area contributed by atoms with Crippen molar-refractivity contribution in [2.45, 2.75) is 25.7 Å². The molecule has 2 N–H and O–H groups in total. The van der Waals surface area contributed by atoms with Gasteiger partial charge in [-0.15, -0.1) is 0 Å². The molecule has 0 unspecified atom stereocenters. The van der Waals surface area contributed by atoms with Crippen LogP contribution in [0.25, 0.3) is 0 Å². The lowest BCUT2D eigenvalue weighted by atomic mass is 9.72. The van der Waals surface area contributed by atoms with Gasteiger partial charge in [-0.2, -0.15) is 0 Å². The summed E-state index contributed by atoms with van der Waals surface area (Å²) in [7, 11) is 0. The van der Waals surface area contributed by atoms with Crippen LogP contribution in [0.3, 0.4) is 0 Å². The minimum atomic E-state index is 0.779. The van der Waals surface area contributed by atoms with Crippen molar-refractivity contribution in [1.29, 1.82) is 0 Å². The topological polar surface area (TPSA) is 49.8 Å². The van der Waals surface area contributed by atoms with E-state index in [4.69, 9.17) is 4.98 Å². The zero-order valence-corrected chi connectivity index (χ0v) is 13.4. The van der Waals surface area contributed by atoms with Gasteiger partial charge in [-0.05, 0) is 74.4 Å². The van der Waals surface area contributed by atoms with E-state index in [0.717, 1.165) is 35.8 Å².